The average molecular weight is 388 g/mol. The zero-order valence-corrected chi connectivity index (χ0v) is 11.7. The summed E-state index contributed by atoms with van der Waals surface area (Å²) in [7, 11) is 0. The third kappa shape index (κ3) is 2.16. The molecule has 0 unspecified atom stereocenters. The van der Waals surface area contributed by atoms with Crippen LogP contribution in [0.2, 0.25) is 4.47 Å². The molecule has 0 saturated heterocycles. The van der Waals surface area contributed by atoms with Crippen molar-refractivity contribution in [2.24, 2.45) is 0 Å². The molecule has 0 atom stereocenters. The topological polar surface area (TPSA) is 0 Å². The quantitative estimate of drug-likeness (QED) is 0.445. The molecule has 1 heterocycles. The second kappa shape index (κ2) is 4.83. The number of hydrogen-bond acceptors (Lipinski definition) is 0. The molecule has 0 amide bonds. The van der Waals surface area contributed by atoms with Crippen LogP contribution in [0.25, 0.3) is 0 Å². The van der Waals surface area contributed by atoms with E-state index in [4.69, 9.17) is 0 Å². The van der Waals surface area contributed by atoms with E-state index in [1.54, 1.807) is 11.1 Å². The third-order valence-corrected chi connectivity index (χ3v) is 8.68. The number of rotatable bonds is 1. The van der Waals surface area contributed by atoms with E-state index in [2.05, 4.69) is 31.2 Å². The van der Waals surface area contributed by atoms with Gasteiger partial charge in [0.1, 0.15) is 0 Å². The van der Waals surface area contributed by atoms with Crippen molar-refractivity contribution >= 4 is 19.6 Å². The largest absolute Gasteiger partial charge is 1.00 e. The van der Waals surface area contributed by atoms with Gasteiger partial charge in [0.05, 0.1) is 0 Å². The SMILES string of the molecule is CC[Te+]1Cc2ccccc2C1.[I-]. The Morgan fingerprint density at radius 1 is 1.17 bits per heavy atom. The second-order valence-electron chi connectivity index (χ2n) is 2.96. The van der Waals surface area contributed by atoms with E-state index in [0.717, 1.165) is 0 Å². The van der Waals surface area contributed by atoms with Crippen LogP contribution in [0.15, 0.2) is 24.3 Å². The number of fused-ring (bicyclic) bond motifs is 1. The summed E-state index contributed by atoms with van der Waals surface area (Å²) in [6, 6.07) is 8.98. The molecule has 0 fully saturated rings. The Morgan fingerprint density at radius 2 is 1.67 bits per heavy atom. The molecule has 1 aliphatic heterocycles. The van der Waals surface area contributed by atoms with Crippen LogP contribution in [-0.4, -0.2) is 19.6 Å². The Labute approximate surface area is 98.4 Å². The normalized spacial score (nSPS) is 15.4. The van der Waals surface area contributed by atoms with Crippen LogP contribution in [0.3, 0.4) is 0 Å². The summed E-state index contributed by atoms with van der Waals surface area (Å²) in [6.45, 7) is 2.36. The van der Waals surface area contributed by atoms with Gasteiger partial charge in [0.15, 0.2) is 0 Å². The maximum absolute atomic E-state index is 2.36. The van der Waals surface area contributed by atoms with Gasteiger partial charge in [-0.3, -0.25) is 0 Å². The molecule has 1 aliphatic rings. The number of halogens is 1. The molecule has 2 rings (SSSR count). The Kier molecular flexibility index (Phi) is 4.36. The maximum atomic E-state index is 2.36. The molecule has 2 heteroatoms. The van der Waals surface area contributed by atoms with Gasteiger partial charge < -0.3 is 24.0 Å². The fourth-order valence-corrected chi connectivity index (χ4v) is 7.11. The van der Waals surface area contributed by atoms with Crippen LogP contribution in [0.1, 0.15) is 18.1 Å². The van der Waals surface area contributed by atoms with Crippen LogP contribution in [0.5, 0.6) is 0 Å². The minimum absolute atomic E-state index is 0. The third-order valence-electron chi connectivity index (χ3n) is 2.25. The fourth-order valence-electron chi connectivity index (χ4n) is 1.53. The van der Waals surface area contributed by atoms with Gasteiger partial charge in [-0.05, 0) is 0 Å². The molecule has 0 aliphatic carbocycles. The number of benzene rings is 1. The van der Waals surface area contributed by atoms with Crippen LogP contribution in [0.4, 0.5) is 0 Å². The van der Waals surface area contributed by atoms with Gasteiger partial charge in [-0.2, -0.15) is 0 Å². The van der Waals surface area contributed by atoms with Crippen molar-refractivity contribution in [3.05, 3.63) is 35.4 Å². The monoisotopic (exact) mass is 390 g/mol. The summed E-state index contributed by atoms with van der Waals surface area (Å²) < 4.78 is 4.46. The van der Waals surface area contributed by atoms with Gasteiger partial charge in [-0.1, -0.05) is 0 Å². The van der Waals surface area contributed by atoms with E-state index < -0.39 is 19.6 Å². The summed E-state index contributed by atoms with van der Waals surface area (Å²) in [5, 5.41) is 0. The molecule has 0 nitrogen and oxygen atoms in total. The predicted molar refractivity (Wildman–Crippen MR) is 50.1 cm³/mol. The van der Waals surface area contributed by atoms with E-state index in [1.165, 1.54) is 13.4 Å². The Hall–Kier alpha value is 0.740. The molecular weight excluding hydrogens is 375 g/mol. The summed E-state index contributed by atoms with van der Waals surface area (Å²) in [5.41, 5.74) is 3.32. The first-order valence-corrected chi connectivity index (χ1v) is 9.05. The first kappa shape index (κ1) is 10.8. The first-order chi connectivity index (χ1) is 5.40. The van der Waals surface area contributed by atoms with Crippen LogP contribution < -0.4 is 24.0 Å². The standard InChI is InChI=1S/C10H13Te.HI/c1-2-11-7-9-5-3-4-6-10(9)8-11;/h3-6H,2,7-8H2,1H3;1H/q+1;/p-1. The van der Waals surface area contributed by atoms with Gasteiger partial charge in [0, 0.05) is 0 Å². The van der Waals surface area contributed by atoms with Crippen molar-refractivity contribution in [1.82, 2.24) is 0 Å². The summed E-state index contributed by atoms with van der Waals surface area (Å²) in [5.74, 6) is 0. The maximum Gasteiger partial charge on any atom is -1.00 e. The Balaban J connectivity index is 0.000000720. The predicted octanol–water partition coefficient (Wildman–Crippen LogP) is -0.618. The molecule has 1 aromatic carbocycles. The van der Waals surface area contributed by atoms with Crippen LogP contribution in [0, 0.1) is 0 Å². The van der Waals surface area contributed by atoms with E-state index >= 15 is 0 Å². The minimum Gasteiger partial charge on any atom is -1.00 e. The van der Waals surface area contributed by atoms with E-state index in [-0.39, 0.29) is 24.0 Å². The van der Waals surface area contributed by atoms with Gasteiger partial charge in [-0.15, -0.1) is 0 Å². The average Bonchev–Trinajstić information content (AvgIpc) is 2.46. The minimum atomic E-state index is -0.633. The fraction of sp³-hybridized carbons (Fsp3) is 0.400. The molecular formula is C10H13ITe. The van der Waals surface area contributed by atoms with Crippen LogP contribution >= 0.6 is 0 Å². The molecule has 0 aromatic heterocycles. The Morgan fingerprint density at radius 3 is 2.08 bits per heavy atom. The van der Waals surface area contributed by atoms with E-state index in [9.17, 15) is 0 Å². The van der Waals surface area contributed by atoms with Crippen molar-refractivity contribution < 1.29 is 24.0 Å². The van der Waals surface area contributed by atoms with E-state index in [0.29, 0.717) is 0 Å². The first-order valence-electron chi connectivity index (χ1n) is 4.11. The van der Waals surface area contributed by atoms with Gasteiger partial charge in [0.2, 0.25) is 0 Å². The molecule has 0 spiro atoms. The summed E-state index contributed by atoms with van der Waals surface area (Å²) >= 11 is -0.633. The summed E-state index contributed by atoms with van der Waals surface area (Å²) in [4.78, 5) is 0. The van der Waals surface area contributed by atoms with Crippen molar-refractivity contribution in [3.8, 4) is 0 Å². The van der Waals surface area contributed by atoms with Gasteiger partial charge in [-0.25, -0.2) is 0 Å². The van der Waals surface area contributed by atoms with Crippen molar-refractivity contribution in [3.63, 3.8) is 0 Å². The van der Waals surface area contributed by atoms with Crippen molar-refractivity contribution in [2.75, 3.05) is 0 Å². The smallest absolute Gasteiger partial charge is 1.00 e. The molecule has 0 radical (unpaired) electrons. The zero-order valence-electron chi connectivity index (χ0n) is 7.22. The molecule has 0 bridgehead atoms. The molecule has 0 N–H and O–H groups in total. The molecule has 1 aromatic rings. The van der Waals surface area contributed by atoms with Gasteiger partial charge >= 0.3 is 75.3 Å². The van der Waals surface area contributed by atoms with Crippen molar-refractivity contribution in [1.29, 1.82) is 0 Å². The number of hydrogen-bond donors (Lipinski definition) is 0. The van der Waals surface area contributed by atoms with Gasteiger partial charge in [0.25, 0.3) is 0 Å². The molecule has 12 heavy (non-hydrogen) atoms. The zero-order chi connectivity index (χ0) is 7.68. The molecule has 66 valence electrons. The second-order valence-corrected chi connectivity index (χ2v) is 9.75. The molecule has 0 saturated carbocycles. The summed E-state index contributed by atoms with van der Waals surface area (Å²) in [6.07, 6.45) is 0. The van der Waals surface area contributed by atoms with E-state index in [1.807, 2.05) is 0 Å². The van der Waals surface area contributed by atoms with Crippen LogP contribution in [-0.2, 0) is 8.94 Å². The van der Waals surface area contributed by atoms with Crippen molar-refractivity contribution in [2.45, 2.75) is 20.3 Å². The Bertz CT molecular complexity index is 235.